The summed E-state index contributed by atoms with van der Waals surface area (Å²) < 4.78 is 4.98. The molecule has 1 aromatic carbocycles. The van der Waals surface area contributed by atoms with Crippen molar-refractivity contribution in [3.05, 3.63) is 35.4 Å². The van der Waals surface area contributed by atoms with Crippen molar-refractivity contribution in [3.8, 4) is 6.07 Å². The lowest BCUT2D eigenvalue weighted by Crippen LogP contribution is -1.89. The number of rotatable bonds is 3. The Morgan fingerprint density at radius 3 is 2.54 bits per heavy atom. The maximum absolute atomic E-state index is 8.64. The molecule has 0 bridgehead atoms. The van der Waals surface area contributed by atoms with Crippen LogP contribution < -0.4 is 0 Å². The van der Waals surface area contributed by atoms with Gasteiger partial charge in [-0.3, -0.25) is 0 Å². The summed E-state index contributed by atoms with van der Waals surface area (Å²) in [7, 11) is 1.66. The lowest BCUT2D eigenvalue weighted by atomic mass is 10.1. The van der Waals surface area contributed by atoms with Crippen molar-refractivity contribution in [2.24, 2.45) is 0 Å². The molecule has 68 valence electrons. The van der Waals surface area contributed by atoms with Crippen molar-refractivity contribution >= 4 is 15.9 Å². The van der Waals surface area contributed by atoms with Gasteiger partial charge in [0.25, 0.3) is 0 Å². The summed E-state index contributed by atoms with van der Waals surface area (Å²) in [4.78, 5) is -0.218. The fraction of sp³-hybridized carbons (Fsp3) is 0.300. The molecule has 0 aliphatic carbocycles. The summed E-state index contributed by atoms with van der Waals surface area (Å²) in [6, 6.07) is 9.90. The van der Waals surface area contributed by atoms with Crippen LogP contribution in [0.25, 0.3) is 0 Å². The molecule has 1 atom stereocenters. The molecule has 0 saturated carbocycles. The van der Waals surface area contributed by atoms with Crippen molar-refractivity contribution in [3.63, 3.8) is 0 Å². The molecule has 1 aromatic rings. The van der Waals surface area contributed by atoms with E-state index in [1.165, 1.54) is 0 Å². The minimum atomic E-state index is -0.218. The van der Waals surface area contributed by atoms with Gasteiger partial charge in [-0.05, 0) is 11.1 Å². The standard InChI is InChI=1S/C10H10BrNO/c1-13-7-8-2-4-9(5-3-8)10(11)6-12/h2-5,10H,7H2,1H3. The Kier molecular flexibility index (Phi) is 3.94. The van der Waals surface area contributed by atoms with Crippen LogP contribution in [0, 0.1) is 11.3 Å². The number of alkyl halides is 1. The molecule has 0 spiro atoms. The zero-order valence-corrected chi connectivity index (χ0v) is 8.91. The predicted molar refractivity (Wildman–Crippen MR) is 54.4 cm³/mol. The first-order valence-electron chi connectivity index (χ1n) is 3.89. The molecule has 0 aliphatic heterocycles. The molecular weight excluding hydrogens is 230 g/mol. The molecule has 0 aromatic heterocycles. The van der Waals surface area contributed by atoms with Gasteiger partial charge in [0.2, 0.25) is 0 Å². The molecule has 0 saturated heterocycles. The van der Waals surface area contributed by atoms with Gasteiger partial charge in [0.05, 0.1) is 12.7 Å². The van der Waals surface area contributed by atoms with E-state index < -0.39 is 0 Å². The van der Waals surface area contributed by atoms with Crippen LogP contribution in [0.5, 0.6) is 0 Å². The Bertz CT molecular complexity index is 302. The third kappa shape index (κ3) is 2.83. The van der Waals surface area contributed by atoms with Gasteiger partial charge < -0.3 is 4.74 Å². The molecule has 0 radical (unpaired) electrons. The van der Waals surface area contributed by atoms with E-state index in [1.807, 2.05) is 24.3 Å². The first-order valence-corrected chi connectivity index (χ1v) is 4.81. The van der Waals surface area contributed by atoms with Crippen LogP contribution in [0.2, 0.25) is 0 Å². The summed E-state index contributed by atoms with van der Waals surface area (Å²) in [5.41, 5.74) is 2.09. The van der Waals surface area contributed by atoms with E-state index in [9.17, 15) is 0 Å². The predicted octanol–water partition coefficient (Wildman–Crippen LogP) is 2.79. The molecule has 3 heteroatoms. The highest BCUT2D eigenvalue weighted by atomic mass is 79.9. The summed E-state index contributed by atoms with van der Waals surface area (Å²) in [6.07, 6.45) is 0. The van der Waals surface area contributed by atoms with Crippen LogP contribution in [0.4, 0.5) is 0 Å². The summed E-state index contributed by atoms with van der Waals surface area (Å²) in [5.74, 6) is 0. The van der Waals surface area contributed by atoms with Crippen molar-refractivity contribution in [2.75, 3.05) is 7.11 Å². The van der Waals surface area contributed by atoms with Crippen LogP contribution >= 0.6 is 15.9 Å². The third-order valence-electron chi connectivity index (χ3n) is 1.70. The maximum Gasteiger partial charge on any atom is 0.126 e. The SMILES string of the molecule is COCc1ccc(C(Br)C#N)cc1. The van der Waals surface area contributed by atoms with Gasteiger partial charge in [0.1, 0.15) is 4.83 Å². The molecule has 1 unspecified atom stereocenters. The third-order valence-corrected chi connectivity index (χ3v) is 2.43. The van der Waals surface area contributed by atoms with E-state index in [0.29, 0.717) is 6.61 Å². The minimum Gasteiger partial charge on any atom is -0.380 e. The first-order chi connectivity index (χ1) is 6.27. The van der Waals surface area contributed by atoms with Gasteiger partial charge in [-0.2, -0.15) is 5.26 Å². The number of benzene rings is 1. The first kappa shape index (κ1) is 10.2. The quantitative estimate of drug-likeness (QED) is 0.761. The summed E-state index contributed by atoms with van der Waals surface area (Å²) >= 11 is 3.26. The average Bonchev–Trinajstić information content (AvgIpc) is 2.18. The van der Waals surface area contributed by atoms with Crippen LogP contribution in [-0.4, -0.2) is 7.11 Å². The molecule has 0 aliphatic rings. The normalized spacial score (nSPS) is 12.1. The molecular formula is C10H10BrNO. The van der Waals surface area contributed by atoms with Gasteiger partial charge in [-0.15, -0.1) is 0 Å². The Morgan fingerprint density at radius 2 is 2.08 bits per heavy atom. The van der Waals surface area contributed by atoms with Crippen LogP contribution in [0.3, 0.4) is 0 Å². The van der Waals surface area contributed by atoms with Crippen LogP contribution in [0.1, 0.15) is 16.0 Å². The van der Waals surface area contributed by atoms with E-state index >= 15 is 0 Å². The van der Waals surface area contributed by atoms with E-state index in [1.54, 1.807) is 7.11 Å². The van der Waals surface area contributed by atoms with Gasteiger partial charge >= 0.3 is 0 Å². The fourth-order valence-electron chi connectivity index (χ4n) is 1.02. The monoisotopic (exact) mass is 239 g/mol. The van der Waals surface area contributed by atoms with Gasteiger partial charge in [-0.25, -0.2) is 0 Å². The number of hydrogen-bond acceptors (Lipinski definition) is 2. The molecule has 2 nitrogen and oxygen atoms in total. The summed E-state index contributed by atoms with van der Waals surface area (Å²) in [6.45, 7) is 0.611. The average molecular weight is 240 g/mol. The highest BCUT2D eigenvalue weighted by Gasteiger charge is 2.04. The lowest BCUT2D eigenvalue weighted by Gasteiger charge is -2.03. The zero-order chi connectivity index (χ0) is 9.68. The number of methoxy groups -OCH3 is 1. The molecule has 0 N–H and O–H groups in total. The number of ether oxygens (including phenoxy) is 1. The Balaban J connectivity index is 2.76. The van der Waals surface area contributed by atoms with Crippen molar-refractivity contribution in [1.29, 1.82) is 5.26 Å². The van der Waals surface area contributed by atoms with Crippen LogP contribution in [0.15, 0.2) is 24.3 Å². The largest absolute Gasteiger partial charge is 0.380 e. The van der Waals surface area contributed by atoms with Gasteiger partial charge in [-0.1, -0.05) is 40.2 Å². The van der Waals surface area contributed by atoms with E-state index in [2.05, 4.69) is 22.0 Å². The second-order valence-electron chi connectivity index (χ2n) is 2.67. The van der Waals surface area contributed by atoms with Gasteiger partial charge in [0.15, 0.2) is 0 Å². The number of halogens is 1. The van der Waals surface area contributed by atoms with Crippen LogP contribution in [-0.2, 0) is 11.3 Å². The fourth-order valence-corrected chi connectivity index (χ4v) is 1.33. The Labute approximate surface area is 86.3 Å². The second-order valence-corrected chi connectivity index (χ2v) is 3.58. The summed E-state index contributed by atoms with van der Waals surface area (Å²) in [5, 5.41) is 8.64. The van der Waals surface area contributed by atoms with Crippen molar-refractivity contribution in [1.82, 2.24) is 0 Å². The minimum absolute atomic E-state index is 0.218. The highest BCUT2D eigenvalue weighted by Crippen LogP contribution is 2.21. The van der Waals surface area contributed by atoms with E-state index in [-0.39, 0.29) is 4.83 Å². The molecule has 0 fully saturated rings. The Hall–Kier alpha value is -0.850. The maximum atomic E-state index is 8.64. The van der Waals surface area contributed by atoms with E-state index in [0.717, 1.165) is 11.1 Å². The zero-order valence-electron chi connectivity index (χ0n) is 7.33. The number of hydrogen-bond donors (Lipinski definition) is 0. The second kappa shape index (κ2) is 5.00. The smallest absolute Gasteiger partial charge is 0.126 e. The van der Waals surface area contributed by atoms with Gasteiger partial charge in [0, 0.05) is 7.11 Å². The molecule has 1 rings (SSSR count). The topological polar surface area (TPSA) is 33.0 Å². The molecule has 13 heavy (non-hydrogen) atoms. The molecule has 0 amide bonds. The van der Waals surface area contributed by atoms with E-state index in [4.69, 9.17) is 10.00 Å². The lowest BCUT2D eigenvalue weighted by molar-refractivity contribution is 0.185. The van der Waals surface area contributed by atoms with Crippen molar-refractivity contribution < 1.29 is 4.74 Å². The Morgan fingerprint density at radius 1 is 1.46 bits per heavy atom. The number of nitrogens with zero attached hydrogens (tertiary/aromatic N) is 1. The highest BCUT2D eigenvalue weighted by molar-refractivity contribution is 9.09. The van der Waals surface area contributed by atoms with Crippen molar-refractivity contribution in [2.45, 2.75) is 11.4 Å². The number of nitriles is 1. The molecule has 0 heterocycles.